The van der Waals surface area contributed by atoms with Crippen molar-refractivity contribution < 1.29 is 28.4 Å². The van der Waals surface area contributed by atoms with Crippen LogP contribution < -0.4 is 11.1 Å². The molecule has 0 saturated carbocycles. The Kier molecular flexibility index (Phi) is 29.3. The highest BCUT2D eigenvalue weighted by Crippen LogP contribution is 2.43. The molecule has 0 heterocycles. The van der Waals surface area contributed by atoms with Gasteiger partial charge in [0.15, 0.2) is 0 Å². The SMILES string of the molecule is CCCCCC/C=C\C/C=C\CCCCCCCC(=O)NC(COP(=O)(O)OCCN)C(O)CCCCCCCCC. The molecule has 0 saturated heterocycles. The lowest BCUT2D eigenvalue weighted by Gasteiger charge is -2.25. The van der Waals surface area contributed by atoms with Gasteiger partial charge in [-0.15, -0.1) is 0 Å². The number of amides is 1. The highest BCUT2D eigenvalue weighted by Gasteiger charge is 2.27. The van der Waals surface area contributed by atoms with Crippen molar-refractivity contribution in [2.75, 3.05) is 19.8 Å². The molecule has 0 aliphatic rings. The number of phosphoric acid groups is 1. The molecule has 1 amide bonds. The molecule has 0 aromatic carbocycles. The van der Waals surface area contributed by atoms with Crippen molar-refractivity contribution in [3.8, 4) is 0 Å². The van der Waals surface area contributed by atoms with Crippen LogP contribution in [0.4, 0.5) is 0 Å². The average Bonchev–Trinajstić information content (AvgIpc) is 2.97. The Bertz CT molecular complexity index is 719. The van der Waals surface area contributed by atoms with Crippen molar-refractivity contribution in [1.82, 2.24) is 5.32 Å². The monoisotopic (exact) mass is 616 g/mol. The Morgan fingerprint density at radius 3 is 1.90 bits per heavy atom. The summed E-state index contributed by atoms with van der Waals surface area (Å²) in [6.07, 6.45) is 30.5. The maximum absolute atomic E-state index is 12.6. The number of carbonyl (C=O) groups is 1. The molecule has 0 aromatic heterocycles. The lowest BCUT2D eigenvalue weighted by atomic mass is 10.0. The molecule has 5 N–H and O–H groups in total. The second kappa shape index (κ2) is 30.0. The molecule has 0 bridgehead atoms. The first-order valence-corrected chi connectivity index (χ1v) is 18.4. The maximum atomic E-state index is 12.6. The zero-order chi connectivity index (χ0) is 31.2. The van der Waals surface area contributed by atoms with E-state index in [4.69, 9.17) is 14.8 Å². The predicted octanol–water partition coefficient (Wildman–Crippen LogP) is 8.27. The van der Waals surface area contributed by atoms with E-state index in [1.54, 1.807) is 0 Å². The Labute approximate surface area is 257 Å². The summed E-state index contributed by atoms with van der Waals surface area (Å²) in [4.78, 5) is 22.4. The van der Waals surface area contributed by atoms with Crippen LogP contribution in [0.1, 0.15) is 149 Å². The molecule has 0 spiro atoms. The normalized spacial score (nSPS) is 14.9. The molecule has 42 heavy (non-hydrogen) atoms. The van der Waals surface area contributed by atoms with Gasteiger partial charge in [-0.3, -0.25) is 13.8 Å². The molecule has 9 heteroatoms. The minimum atomic E-state index is -4.30. The summed E-state index contributed by atoms with van der Waals surface area (Å²) in [6.45, 7) is 4.10. The molecule has 0 rings (SSSR count). The van der Waals surface area contributed by atoms with Gasteiger partial charge in [0.2, 0.25) is 5.91 Å². The van der Waals surface area contributed by atoms with Gasteiger partial charge in [0, 0.05) is 13.0 Å². The lowest BCUT2D eigenvalue weighted by Crippen LogP contribution is -2.46. The fourth-order valence-corrected chi connectivity index (χ4v) is 5.45. The number of aliphatic hydroxyl groups excluding tert-OH is 1. The molecule has 0 fully saturated rings. The number of hydrogen-bond donors (Lipinski definition) is 4. The van der Waals surface area contributed by atoms with Gasteiger partial charge < -0.3 is 21.1 Å². The number of carbonyl (C=O) groups excluding carboxylic acids is 1. The molecule has 0 aromatic rings. The number of allylic oxidation sites excluding steroid dienone is 4. The fourth-order valence-electron chi connectivity index (χ4n) is 4.69. The second-order valence-corrected chi connectivity index (χ2v) is 12.8. The first-order chi connectivity index (χ1) is 20.4. The van der Waals surface area contributed by atoms with Crippen molar-refractivity contribution >= 4 is 13.7 Å². The molecule has 0 aliphatic heterocycles. The molecule has 248 valence electrons. The van der Waals surface area contributed by atoms with Gasteiger partial charge in [-0.2, -0.15) is 0 Å². The Morgan fingerprint density at radius 2 is 1.31 bits per heavy atom. The topological polar surface area (TPSA) is 131 Å². The third-order valence-corrected chi connectivity index (χ3v) is 8.29. The summed E-state index contributed by atoms with van der Waals surface area (Å²) in [7, 11) is -4.30. The summed E-state index contributed by atoms with van der Waals surface area (Å²) >= 11 is 0. The number of nitrogens with two attached hydrogens (primary N) is 1. The molecule has 3 unspecified atom stereocenters. The van der Waals surface area contributed by atoms with E-state index in [2.05, 4.69) is 43.5 Å². The molecule has 3 atom stereocenters. The number of rotatable bonds is 31. The largest absolute Gasteiger partial charge is 0.472 e. The Balaban J connectivity index is 4.25. The quantitative estimate of drug-likeness (QED) is 0.0350. The Morgan fingerprint density at radius 1 is 0.786 bits per heavy atom. The van der Waals surface area contributed by atoms with Gasteiger partial charge in [-0.25, -0.2) is 4.57 Å². The number of nitrogens with one attached hydrogen (secondary N) is 1. The number of aliphatic hydroxyl groups is 1. The van der Waals surface area contributed by atoms with E-state index in [0.717, 1.165) is 64.2 Å². The zero-order valence-electron chi connectivity index (χ0n) is 27.0. The predicted molar refractivity (Wildman–Crippen MR) is 175 cm³/mol. The third kappa shape index (κ3) is 27.8. The summed E-state index contributed by atoms with van der Waals surface area (Å²) in [5, 5.41) is 13.6. The van der Waals surface area contributed by atoms with E-state index in [-0.39, 0.29) is 25.7 Å². The van der Waals surface area contributed by atoms with Gasteiger partial charge >= 0.3 is 7.82 Å². The van der Waals surface area contributed by atoms with Crippen molar-refractivity contribution in [2.45, 2.75) is 161 Å². The van der Waals surface area contributed by atoms with E-state index in [1.807, 2.05) is 0 Å². The van der Waals surface area contributed by atoms with E-state index in [9.17, 15) is 19.4 Å². The highest BCUT2D eigenvalue weighted by molar-refractivity contribution is 7.47. The number of unbranched alkanes of at least 4 members (excludes halogenated alkanes) is 15. The first-order valence-electron chi connectivity index (χ1n) is 17.0. The molecule has 0 radical (unpaired) electrons. The average molecular weight is 617 g/mol. The van der Waals surface area contributed by atoms with E-state index in [1.165, 1.54) is 57.8 Å². The van der Waals surface area contributed by atoms with Crippen LogP contribution >= 0.6 is 7.82 Å². The van der Waals surface area contributed by atoms with Gasteiger partial charge in [-0.05, 0) is 44.9 Å². The summed E-state index contributed by atoms with van der Waals surface area (Å²) < 4.78 is 21.9. The van der Waals surface area contributed by atoms with Crippen molar-refractivity contribution in [3.05, 3.63) is 24.3 Å². The van der Waals surface area contributed by atoms with Crippen LogP contribution in [0.25, 0.3) is 0 Å². The van der Waals surface area contributed by atoms with Gasteiger partial charge in [0.05, 0.1) is 25.4 Å². The van der Waals surface area contributed by atoms with Crippen molar-refractivity contribution in [3.63, 3.8) is 0 Å². The number of phosphoric ester groups is 1. The van der Waals surface area contributed by atoms with Crippen molar-refractivity contribution in [1.29, 1.82) is 0 Å². The second-order valence-electron chi connectivity index (χ2n) is 11.4. The third-order valence-electron chi connectivity index (χ3n) is 7.31. The first kappa shape index (κ1) is 41.0. The van der Waals surface area contributed by atoms with E-state index >= 15 is 0 Å². The van der Waals surface area contributed by atoms with E-state index in [0.29, 0.717) is 12.8 Å². The molecule has 0 aliphatic carbocycles. The summed E-state index contributed by atoms with van der Waals surface area (Å²) in [6, 6.07) is -0.776. The number of hydrogen-bond acceptors (Lipinski definition) is 6. The summed E-state index contributed by atoms with van der Waals surface area (Å²) in [5.41, 5.74) is 5.33. The van der Waals surface area contributed by atoms with Crippen molar-refractivity contribution in [2.24, 2.45) is 5.73 Å². The minimum absolute atomic E-state index is 0.0859. The molecular weight excluding hydrogens is 551 g/mol. The van der Waals surface area contributed by atoms with Crippen LogP contribution in [0.2, 0.25) is 0 Å². The highest BCUT2D eigenvalue weighted by atomic mass is 31.2. The molecule has 8 nitrogen and oxygen atoms in total. The standard InChI is InChI=1S/C33H65N2O6P/c1-3-5-7-9-11-12-13-14-15-16-17-18-19-21-23-25-27-33(37)35-31(30-41-42(38,39)40-29-28-34)32(36)26-24-22-20-10-8-6-4-2/h12-13,15-16,31-32,36H,3-11,14,17-30,34H2,1-2H3,(H,35,37)(H,38,39)/b13-12-,16-15-. The minimum Gasteiger partial charge on any atom is -0.391 e. The van der Waals surface area contributed by atoms with Gasteiger partial charge in [0.1, 0.15) is 0 Å². The lowest BCUT2D eigenvalue weighted by molar-refractivity contribution is -0.123. The molecular formula is C33H65N2O6P. The van der Waals surface area contributed by atoms with Crippen LogP contribution in [0.15, 0.2) is 24.3 Å². The van der Waals surface area contributed by atoms with Crippen LogP contribution in [0.5, 0.6) is 0 Å². The van der Waals surface area contributed by atoms with E-state index < -0.39 is 20.0 Å². The van der Waals surface area contributed by atoms with Crippen LogP contribution in [-0.2, 0) is 18.4 Å². The zero-order valence-corrected chi connectivity index (χ0v) is 27.9. The van der Waals surface area contributed by atoms with Crippen LogP contribution in [0, 0.1) is 0 Å². The fraction of sp³-hybridized carbons (Fsp3) is 0.848. The van der Waals surface area contributed by atoms with Crippen LogP contribution in [0.3, 0.4) is 0 Å². The maximum Gasteiger partial charge on any atom is 0.472 e. The smallest absolute Gasteiger partial charge is 0.391 e. The summed E-state index contributed by atoms with van der Waals surface area (Å²) in [5.74, 6) is -0.181. The van der Waals surface area contributed by atoms with Gasteiger partial charge in [-0.1, -0.05) is 122 Å². The van der Waals surface area contributed by atoms with Gasteiger partial charge in [0.25, 0.3) is 0 Å². The van der Waals surface area contributed by atoms with Crippen LogP contribution in [-0.4, -0.2) is 47.8 Å². The Hall–Kier alpha value is -1.02.